The number of hydrogen-bond donors (Lipinski definition) is 0. The average Bonchev–Trinajstić information content (AvgIpc) is 3.17. The van der Waals surface area contributed by atoms with Crippen molar-refractivity contribution in [1.82, 2.24) is 24.3 Å². The molecule has 4 rings (SSSR count). The van der Waals surface area contributed by atoms with Gasteiger partial charge in [0, 0.05) is 24.0 Å². The quantitative estimate of drug-likeness (QED) is 0.436. The lowest BCUT2D eigenvalue weighted by Crippen LogP contribution is -2.14. The Bertz CT molecular complexity index is 1240. The Morgan fingerprint density at radius 2 is 1.87 bits per heavy atom. The maximum atomic E-state index is 13.7. The van der Waals surface area contributed by atoms with Gasteiger partial charge in [-0.1, -0.05) is 6.92 Å². The SMILES string of the molecule is CCOC(=O)c1cnc(-c2cnc3ccc(F)cn23)nc1C[C@@H](C)c1ccc(F)cn1. The second-order valence-electron chi connectivity index (χ2n) is 7.00. The molecule has 0 fully saturated rings. The molecule has 4 aromatic rings. The van der Waals surface area contributed by atoms with E-state index in [4.69, 9.17) is 4.74 Å². The summed E-state index contributed by atoms with van der Waals surface area (Å²) in [6.07, 6.45) is 5.73. The highest BCUT2D eigenvalue weighted by Gasteiger charge is 2.21. The number of aromatic nitrogens is 5. The van der Waals surface area contributed by atoms with Crippen LogP contribution < -0.4 is 0 Å². The number of hydrogen-bond acceptors (Lipinski definition) is 6. The van der Waals surface area contributed by atoms with Crippen LogP contribution in [0.1, 0.15) is 41.5 Å². The Morgan fingerprint density at radius 3 is 2.61 bits per heavy atom. The summed E-state index contributed by atoms with van der Waals surface area (Å²) in [4.78, 5) is 29.7. The highest BCUT2D eigenvalue weighted by molar-refractivity contribution is 5.90. The van der Waals surface area contributed by atoms with Gasteiger partial charge < -0.3 is 4.74 Å². The summed E-state index contributed by atoms with van der Waals surface area (Å²) in [5.41, 5.74) is 2.37. The first-order valence-corrected chi connectivity index (χ1v) is 9.73. The molecule has 0 amide bonds. The lowest BCUT2D eigenvalue weighted by Gasteiger charge is -2.14. The van der Waals surface area contributed by atoms with E-state index in [0.29, 0.717) is 35.0 Å². The first kappa shape index (κ1) is 20.5. The van der Waals surface area contributed by atoms with Gasteiger partial charge in [0.25, 0.3) is 0 Å². The van der Waals surface area contributed by atoms with Gasteiger partial charge in [-0.05, 0) is 37.6 Å². The molecule has 0 aliphatic heterocycles. The van der Waals surface area contributed by atoms with Gasteiger partial charge in [-0.25, -0.2) is 28.5 Å². The summed E-state index contributed by atoms with van der Waals surface area (Å²) in [5, 5.41) is 0. The van der Waals surface area contributed by atoms with E-state index in [1.165, 1.54) is 24.5 Å². The van der Waals surface area contributed by atoms with Gasteiger partial charge in [-0.3, -0.25) is 9.38 Å². The van der Waals surface area contributed by atoms with E-state index in [9.17, 15) is 13.6 Å². The Kier molecular flexibility index (Phi) is 5.66. The zero-order valence-corrected chi connectivity index (χ0v) is 16.9. The maximum Gasteiger partial charge on any atom is 0.341 e. The summed E-state index contributed by atoms with van der Waals surface area (Å²) in [5.74, 6) is -1.25. The van der Waals surface area contributed by atoms with Gasteiger partial charge >= 0.3 is 5.97 Å². The van der Waals surface area contributed by atoms with E-state index in [1.807, 2.05) is 6.92 Å². The Morgan fingerprint density at radius 1 is 1.06 bits per heavy atom. The molecule has 0 radical (unpaired) electrons. The fourth-order valence-electron chi connectivity index (χ4n) is 3.27. The fraction of sp³-hybridized carbons (Fsp3) is 0.227. The Labute approximate surface area is 176 Å². The van der Waals surface area contributed by atoms with Crippen molar-refractivity contribution in [1.29, 1.82) is 0 Å². The van der Waals surface area contributed by atoms with Crippen molar-refractivity contribution in [3.8, 4) is 11.5 Å². The van der Waals surface area contributed by atoms with Crippen molar-refractivity contribution < 1.29 is 18.3 Å². The number of ether oxygens (including phenoxy) is 1. The van der Waals surface area contributed by atoms with Crippen molar-refractivity contribution >= 4 is 11.6 Å². The van der Waals surface area contributed by atoms with E-state index in [2.05, 4.69) is 19.9 Å². The molecular weight excluding hydrogens is 404 g/mol. The number of imidazole rings is 1. The molecule has 4 heterocycles. The van der Waals surface area contributed by atoms with Crippen LogP contribution in [-0.4, -0.2) is 36.9 Å². The molecule has 1 atom stereocenters. The number of fused-ring (bicyclic) bond motifs is 1. The topological polar surface area (TPSA) is 82.3 Å². The molecule has 0 aromatic carbocycles. The molecule has 0 spiro atoms. The molecule has 0 aliphatic carbocycles. The monoisotopic (exact) mass is 423 g/mol. The first-order valence-electron chi connectivity index (χ1n) is 9.73. The van der Waals surface area contributed by atoms with Gasteiger partial charge in [-0.2, -0.15) is 0 Å². The molecule has 0 unspecified atom stereocenters. The standard InChI is InChI=1S/C22H19F2N5O2/c1-3-31-22(30)16-10-27-21(19-11-26-20-7-5-15(24)12-29(19)20)28-18(16)8-13(2)17-6-4-14(23)9-25-17/h4-7,9-13H,3,8H2,1-2H3/t13-/m1/s1. The van der Waals surface area contributed by atoms with Crippen LogP contribution in [0.4, 0.5) is 8.78 Å². The molecule has 7 nitrogen and oxygen atoms in total. The lowest BCUT2D eigenvalue weighted by molar-refractivity contribution is 0.0524. The first-order chi connectivity index (χ1) is 15.0. The van der Waals surface area contributed by atoms with Crippen molar-refractivity contribution in [2.24, 2.45) is 0 Å². The summed E-state index contributed by atoms with van der Waals surface area (Å²) in [7, 11) is 0. The van der Waals surface area contributed by atoms with E-state index in [0.717, 1.165) is 6.20 Å². The predicted octanol–water partition coefficient (Wildman–Crippen LogP) is 3.99. The third-order valence-corrected chi connectivity index (χ3v) is 4.82. The van der Waals surface area contributed by atoms with Crippen LogP contribution in [0.15, 0.2) is 49.1 Å². The highest BCUT2D eigenvalue weighted by Crippen LogP contribution is 2.24. The second-order valence-corrected chi connectivity index (χ2v) is 7.00. The van der Waals surface area contributed by atoms with Crippen LogP contribution in [0.5, 0.6) is 0 Å². The summed E-state index contributed by atoms with van der Waals surface area (Å²) < 4.78 is 33.6. The summed E-state index contributed by atoms with van der Waals surface area (Å²) >= 11 is 0. The van der Waals surface area contributed by atoms with Gasteiger partial charge in [0.05, 0.1) is 30.3 Å². The molecular formula is C22H19F2N5O2. The van der Waals surface area contributed by atoms with Crippen molar-refractivity contribution in [2.45, 2.75) is 26.2 Å². The summed E-state index contributed by atoms with van der Waals surface area (Å²) in [6, 6.07) is 5.80. The minimum Gasteiger partial charge on any atom is -0.462 e. The molecule has 158 valence electrons. The van der Waals surface area contributed by atoms with Crippen LogP contribution in [0, 0.1) is 11.6 Å². The zero-order valence-electron chi connectivity index (χ0n) is 16.9. The van der Waals surface area contributed by atoms with E-state index in [1.54, 1.807) is 29.7 Å². The minimum atomic E-state index is -0.535. The van der Waals surface area contributed by atoms with Crippen molar-refractivity contribution in [2.75, 3.05) is 6.61 Å². The number of rotatable bonds is 6. The van der Waals surface area contributed by atoms with Crippen LogP contribution in [-0.2, 0) is 11.2 Å². The van der Waals surface area contributed by atoms with Gasteiger partial charge in [0.15, 0.2) is 5.82 Å². The largest absolute Gasteiger partial charge is 0.462 e. The van der Waals surface area contributed by atoms with Crippen molar-refractivity contribution in [3.63, 3.8) is 0 Å². The van der Waals surface area contributed by atoms with Crippen LogP contribution >= 0.6 is 0 Å². The number of carbonyl (C=O) groups excluding carboxylic acids is 1. The van der Waals surface area contributed by atoms with Gasteiger partial charge in [0.1, 0.15) is 23.0 Å². The molecule has 0 bridgehead atoms. The number of esters is 1. The number of halogens is 2. The number of nitrogens with zero attached hydrogens (tertiary/aromatic N) is 5. The van der Waals surface area contributed by atoms with Crippen LogP contribution in [0.2, 0.25) is 0 Å². The third kappa shape index (κ3) is 4.25. The normalized spacial score (nSPS) is 12.1. The van der Waals surface area contributed by atoms with Crippen LogP contribution in [0.3, 0.4) is 0 Å². The van der Waals surface area contributed by atoms with Crippen molar-refractivity contribution in [3.05, 3.63) is 77.6 Å². The molecule has 0 saturated carbocycles. The average molecular weight is 423 g/mol. The Hall–Kier alpha value is -3.75. The summed E-state index contributed by atoms with van der Waals surface area (Å²) in [6.45, 7) is 3.83. The minimum absolute atomic E-state index is 0.156. The Balaban J connectivity index is 1.76. The lowest BCUT2D eigenvalue weighted by atomic mass is 9.98. The fourth-order valence-corrected chi connectivity index (χ4v) is 3.27. The van der Waals surface area contributed by atoms with E-state index in [-0.39, 0.29) is 18.1 Å². The zero-order chi connectivity index (χ0) is 22.0. The van der Waals surface area contributed by atoms with E-state index < -0.39 is 17.6 Å². The second kappa shape index (κ2) is 8.55. The van der Waals surface area contributed by atoms with Gasteiger partial charge in [-0.15, -0.1) is 0 Å². The molecule has 9 heteroatoms. The maximum absolute atomic E-state index is 13.7. The van der Waals surface area contributed by atoms with Crippen LogP contribution in [0.25, 0.3) is 17.2 Å². The smallest absolute Gasteiger partial charge is 0.341 e. The third-order valence-electron chi connectivity index (χ3n) is 4.82. The van der Waals surface area contributed by atoms with Gasteiger partial charge in [0.2, 0.25) is 0 Å². The predicted molar refractivity (Wildman–Crippen MR) is 108 cm³/mol. The molecule has 0 N–H and O–H groups in total. The highest BCUT2D eigenvalue weighted by atomic mass is 19.1. The molecule has 0 aliphatic rings. The number of pyridine rings is 2. The van der Waals surface area contributed by atoms with E-state index >= 15 is 0 Å². The number of carbonyl (C=O) groups is 1. The molecule has 31 heavy (non-hydrogen) atoms. The molecule has 4 aromatic heterocycles. The molecule has 0 saturated heterocycles.